The zero-order chi connectivity index (χ0) is 18.6. The van der Waals surface area contributed by atoms with Gasteiger partial charge in [-0.3, -0.25) is 0 Å². The third-order valence-electron chi connectivity index (χ3n) is 4.83. The number of likely N-dealkylation sites (tertiary alicyclic amines) is 1. The molecule has 0 spiro atoms. The molecule has 5 heteroatoms. The third kappa shape index (κ3) is 5.11. The van der Waals surface area contributed by atoms with Crippen LogP contribution in [0.15, 0.2) is 24.3 Å². The van der Waals surface area contributed by atoms with Gasteiger partial charge in [-0.25, -0.2) is 4.79 Å². The maximum atomic E-state index is 12.5. The summed E-state index contributed by atoms with van der Waals surface area (Å²) in [6.45, 7) is 8.41. The van der Waals surface area contributed by atoms with Crippen molar-refractivity contribution in [3.63, 3.8) is 0 Å². The van der Waals surface area contributed by atoms with Gasteiger partial charge in [0.25, 0.3) is 0 Å². The summed E-state index contributed by atoms with van der Waals surface area (Å²) in [4.78, 5) is 14.3. The first kappa shape index (κ1) is 19.6. The van der Waals surface area contributed by atoms with E-state index in [9.17, 15) is 9.90 Å². The van der Waals surface area contributed by atoms with Crippen LogP contribution in [0.5, 0.6) is 5.75 Å². The Bertz CT molecular complexity index is 564. The minimum Gasteiger partial charge on any atom is -0.497 e. The molecule has 5 nitrogen and oxygen atoms in total. The Labute approximate surface area is 150 Å². The van der Waals surface area contributed by atoms with Gasteiger partial charge < -0.3 is 19.5 Å². The average molecular weight is 349 g/mol. The number of methoxy groups -OCH3 is 1. The third-order valence-corrected chi connectivity index (χ3v) is 4.83. The van der Waals surface area contributed by atoms with Crippen LogP contribution in [-0.4, -0.2) is 48.0 Å². The van der Waals surface area contributed by atoms with Gasteiger partial charge in [-0.1, -0.05) is 12.1 Å². The zero-order valence-electron chi connectivity index (χ0n) is 16.0. The van der Waals surface area contributed by atoms with E-state index in [4.69, 9.17) is 9.47 Å². The number of hydrogen-bond acceptors (Lipinski definition) is 4. The molecule has 140 valence electrons. The molecule has 1 unspecified atom stereocenters. The highest BCUT2D eigenvalue weighted by atomic mass is 16.6. The first-order valence-electron chi connectivity index (χ1n) is 8.99. The molecule has 1 amide bonds. The van der Waals surface area contributed by atoms with E-state index in [1.165, 1.54) is 5.56 Å². The van der Waals surface area contributed by atoms with Gasteiger partial charge in [0.15, 0.2) is 0 Å². The average Bonchev–Trinajstić information content (AvgIpc) is 2.72. The van der Waals surface area contributed by atoms with Crippen LogP contribution < -0.4 is 4.74 Å². The van der Waals surface area contributed by atoms with Crippen molar-refractivity contribution in [1.82, 2.24) is 4.90 Å². The summed E-state index contributed by atoms with van der Waals surface area (Å²) >= 11 is 0. The second kappa shape index (κ2) is 8.09. The second-order valence-corrected chi connectivity index (χ2v) is 7.87. The van der Waals surface area contributed by atoms with E-state index in [2.05, 4.69) is 12.1 Å². The molecule has 2 rings (SSSR count). The van der Waals surface area contributed by atoms with Crippen molar-refractivity contribution in [3.05, 3.63) is 29.8 Å². The minimum atomic E-state index is -0.505. The van der Waals surface area contributed by atoms with Crippen LogP contribution in [0, 0.1) is 5.92 Å². The molecule has 1 aromatic carbocycles. The topological polar surface area (TPSA) is 59.0 Å². The second-order valence-electron chi connectivity index (χ2n) is 7.87. The fraction of sp³-hybridized carbons (Fsp3) is 0.650. The highest BCUT2D eigenvalue weighted by Crippen LogP contribution is 2.36. The molecular weight excluding hydrogens is 318 g/mol. The van der Waals surface area contributed by atoms with Crippen LogP contribution >= 0.6 is 0 Å². The molecule has 0 aliphatic carbocycles. The first-order valence-corrected chi connectivity index (χ1v) is 8.99. The standard InChI is InChI=1S/C20H31NO4/c1-14-12-16(13-22)18(15-6-8-17(24-5)9-7-15)10-11-21(14)19(23)25-20(2,3)4/h6-9,14,16,18,22H,10-13H2,1-5H3/t14?,16-,18-/m1/s1. The molecule has 1 aromatic rings. The number of rotatable bonds is 3. The predicted octanol–water partition coefficient (Wildman–Crippen LogP) is 3.81. The summed E-state index contributed by atoms with van der Waals surface area (Å²) in [5.74, 6) is 1.16. The number of nitrogens with zero attached hydrogens (tertiary/aromatic N) is 1. The number of carbonyl (C=O) groups is 1. The Kier molecular flexibility index (Phi) is 6.33. The molecule has 0 aromatic heterocycles. The number of aliphatic hydroxyl groups excluding tert-OH is 1. The van der Waals surface area contributed by atoms with Gasteiger partial charge in [-0.2, -0.15) is 0 Å². The van der Waals surface area contributed by atoms with Gasteiger partial charge in [-0.05, 0) is 70.1 Å². The van der Waals surface area contributed by atoms with Crippen LogP contribution in [0.2, 0.25) is 0 Å². The molecule has 1 aliphatic heterocycles. The normalized spacial score (nSPS) is 24.6. The number of amides is 1. The van der Waals surface area contributed by atoms with Crippen LogP contribution in [0.3, 0.4) is 0 Å². The van der Waals surface area contributed by atoms with Crippen LogP contribution in [0.4, 0.5) is 4.79 Å². The summed E-state index contributed by atoms with van der Waals surface area (Å²) in [6, 6.07) is 8.04. The molecule has 1 heterocycles. The van der Waals surface area contributed by atoms with Crippen molar-refractivity contribution in [2.75, 3.05) is 20.3 Å². The highest BCUT2D eigenvalue weighted by molar-refractivity contribution is 5.68. The lowest BCUT2D eigenvalue weighted by Gasteiger charge is -2.30. The van der Waals surface area contributed by atoms with Gasteiger partial charge in [0, 0.05) is 19.2 Å². The first-order chi connectivity index (χ1) is 11.7. The van der Waals surface area contributed by atoms with E-state index in [1.54, 1.807) is 12.0 Å². The lowest BCUT2D eigenvalue weighted by molar-refractivity contribution is 0.0174. The molecule has 1 N–H and O–H groups in total. The Balaban J connectivity index is 2.17. The Hall–Kier alpha value is -1.75. The lowest BCUT2D eigenvalue weighted by atomic mass is 9.82. The molecule has 0 bridgehead atoms. The highest BCUT2D eigenvalue weighted by Gasteiger charge is 2.34. The zero-order valence-corrected chi connectivity index (χ0v) is 16.0. The van der Waals surface area contributed by atoms with E-state index in [-0.39, 0.29) is 30.6 Å². The van der Waals surface area contributed by atoms with Gasteiger partial charge >= 0.3 is 6.09 Å². The van der Waals surface area contributed by atoms with E-state index in [0.717, 1.165) is 18.6 Å². The Morgan fingerprint density at radius 3 is 2.44 bits per heavy atom. The Morgan fingerprint density at radius 1 is 1.28 bits per heavy atom. The summed E-state index contributed by atoms with van der Waals surface area (Å²) in [5.41, 5.74) is 0.674. The predicted molar refractivity (Wildman–Crippen MR) is 97.9 cm³/mol. The summed E-state index contributed by atoms with van der Waals surface area (Å²) in [7, 11) is 1.65. The quantitative estimate of drug-likeness (QED) is 0.901. The number of ether oxygens (including phenoxy) is 2. The molecule has 0 saturated carbocycles. The summed E-state index contributed by atoms with van der Waals surface area (Å²) in [5, 5.41) is 9.92. The van der Waals surface area contributed by atoms with E-state index in [0.29, 0.717) is 6.54 Å². The molecular formula is C20H31NO4. The van der Waals surface area contributed by atoms with Crippen LogP contribution in [-0.2, 0) is 4.74 Å². The maximum Gasteiger partial charge on any atom is 0.410 e. The van der Waals surface area contributed by atoms with Crippen LogP contribution in [0.1, 0.15) is 52.0 Å². The minimum absolute atomic E-state index is 0.0373. The maximum absolute atomic E-state index is 12.5. The number of carbonyl (C=O) groups excluding carboxylic acids is 1. The summed E-state index contributed by atoms with van der Waals surface area (Å²) < 4.78 is 10.8. The van der Waals surface area contributed by atoms with Crippen molar-refractivity contribution >= 4 is 6.09 Å². The molecule has 1 fully saturated rings. The number of aliphatic hydroxyl groups is 1. The van der Waals surface area contributed by atoms with Gasteiger partial charge in [-0.15, -0.1) is 0 Å². The SMILES string of the molecule is COc1ccc([C@H]2CCN(C(=O)OC(C)(C)C)C(C)C[C@@H]2CO)cc1. The number of hydrogen-bond donors (Lipinski definition) is 1. The molecule has 3 atom stereocenters. The van der Waals surface area contributed by atoms with Crippen molar-refractivity contribution < 1.29 is 19.4 Å². The fourth-order valence-corrected chi connectivity index (χ4v) is 3.55. The van der Waals surface area contributed by atoms with Gasteiger partial charge in [0.1, 0.15) is 11.4 Å². The van der Waals surface area contributed by atoms with Gasteiger partial charge in [0.2, 0.25) is 0 Å². The van der Waals surface area contributed by atoms with Crippen LogP contribution in [0.25, 0.3) is 0 Å². The molecule has 1 aliphatic rings. The number of benzene rings is 1. The largest absolute Gasteiger partial charge is 0.497 e. The van der Waals surface area contributed by atoms with Crippen molar-refractivity contribution in [1.29, 1.82) is 0 Å². The Morgan fingerprint density at radius 2 is 1.92 bits per heavy atom. The van der Waals surface area contributed by atoms with E-state index in [1.807, 2.05) is 39.8 Å². The van der Waals surface area contributed by atoms with Crippen molar-refractivity contribution in [3.8, 4) is 5.75 Å². The van der Waals surface area contributed by atoms with Crippen molar-refractivity contribution in [2.24, 2.45) is 5.92 Å². The smallest absolute Gasteiger partial charge is 0.410 e. The lowest BCUT2D eigenvalue weighted by Crippen LogP contribution is -2.42. The molecule has 0 radical (unpaired) electrons. The fourth-order valence-electron chi connectivity index (χ4n) is 3.55. The van der Waals surface area contributed by atoms with Gasteiger partial charge in [0.05, 0.1) is 7.11 Å². The molecule has 1 saturated heterocycles. The molecule has 25 heavy (non-hydrogen) atoms. The summed E-state index contributed by atoms with van der Waals surface area (Å²) in [6.07, 6.45) is 1.29. The van der Waals surface area contributed by atoms with Crippen molar-refractivity contribution in [2.45, 2.75) is 58.1 Å². The monoisotopic (exact) mass is 349 g/mol. The van der Waals surface area contributed by atoms with E-state index < -0.39 is 5.60 Å². The van der Waals surface area contributed by atoms with E-state index >= 15 is 0 Å².